The number of carbonyl (C=O) groups is 3. The Morgan fingerprint density at radius 3 is 2.43 bits per heavy atom. The van der Waals surface area contributed by atoms with Gasteiger partial charge in [0.1, 0.15) is 6.54 Å². The van der Waals surface area contributed by atoms with Crippen LogP contribution < -0.4 is 5.32 Å². The molecule has 0 bridgehead atoms. The third kappa shape index (κ3) is 5.24. The summed E-state index contributed by atoms with van der Waals surface area (Å²) in [6, 6.07) is -0.390. The SMILES string of the molecule is O=C(O)CN(CC1CC1)C(=O)NCCC(=O)N1CCCC1. The van der Waals surface area contributed by atoms with Gasteiger partial charge >= 0.3 is 12.0 Å². The van der Waals surface area contributed by atoms with Gasteiger partial charge in [0.05, 0.1) is 0 Å². The van der Waals surface area contributed by atoms with Gasteiger partial charge in [-0.15, -0.1) is 0 Å². The van der Waals surface area contributed by atoms with E-state index in [0.29, 0.717) is 12.5 Å². The molecule has 1 saturated carbocycles. The standard InChI is InChI=1S/C14H23N3O4/c18-12(16-7-1-2-8-16)5-6-15-14(21)17(10-13(19)20)9-11-3-4-11/h11H,1-10H2,(H,15,21)(H,19,20). The van der Waals surface area contributed by atoms with Crippen molar-refractivity contribution in [2.75, 3.05) is 32.7 Å². The lowest BCUT2D eigenvalue weighted by Gasteiger charge is -2.21. The monoisotopic (exact) mass is 297 g/mol. The second kappa shape index (κ2) is 7.28. The van der Waals surface area contributed by atoms with Crippen LogP contribution in [0.25, 0.3) is 0 Å². The molecular formula is C14H23N3O4. The molecule has 0 aromatic heterocycles. The number of aliphatic carboxylic acids is 1. The van der Waals surface area contributed by atoms with Crippen molar-refractivity contribution in [3.63, 3.8) is 0 Å². The summed E-state index contributed by atoms with van der Waals surface area (Å²) >= 11 is 0. The highest BCUT2D eigenvalue weighted by molar-refractivity contribution is 5.81. The molecule has 2 fully saturated rings. The summed E-state index contributed by atoms with van der Waals surface area (Å²) in [7, 11) is 0. The van der Waals surface area contributed by atoms with Crippen molar-refractivity contribution >= 4 is 17.9 Å². The number of carboxylic acids is 1. The molecule has 0 radical (unpaired) electrons. The molecule has 0 unspecified atom stereocenters. The lowest BCUT2D eigenvalue weighted by Crippen LogP contribution is -2.44. The van der Waals surface area contributed by atoms with Gasteiger partial charge in [-0.25, -0.2) is 4.79 Å². The molecule has 1 aliphatic heterocycles. The van der Waals surface area contributed by atoms with Crippen LogP contribution in [0.4, 0.5) is 4.79 Å². The molecule has 1 saturated heterocycles. The van der Waals surface area contributed by atoms with E-state index >= 15 is 0 Å². The first-order valence-electron chi connectivity index (χ1n) is 7.58. The van der Waals surface area contributed by atoms with Crippen LogP contribution in [-0.2, 0) is 9.59 Å². The maximum atomic E-state index is 12.0. The van der Waals surface area contributed by atoms with E-state index in [1.165, 1.54) is 4.90 Å². The lowest BCUT2D eigenvalue weighted by atomic mass is 10.3. The van der Waals surface area contributed by atoms with Gasteiger partial charge in [0, 0.05) is 32.6 Å². The quantitative estimate of drug-likeness (QED) is 0.716. The number of amides is 3. The molecule has 21 heavy (non-hydrogen) atoms. The van der Waals surface area contributed by atoms with Gasteiger partial charge < -0.3 is 20.2 Å². The number of likely N-dealkylation sites (tertiary alicyclic amines) is 1. The number of hydrogen-bond donors (Lipinski definition) is 2. The van der Waals surface area contributed by atoms with Gasteiger partial charge in [0.25, 0.3) is 0 Å². The van der Waals surface area contributed by atoms with Gasteiger partial charge in [0.15, 0.2) is 0 Å². The first-order valence-corrected chi connectivity index (χ1v) is 7.58. The van der Waals surface area contributed by atoms with Crippen molar-refractivity contribution in [2.24, 2.45) is 5.92 Å². The Morgan fingerprint density at radius 2 is 1.86 bits per heavy atom. The molecule has 7 nitrogen and oxygen atoms in total. The zero-order chi connectivity index (χ0) is 15.2. The Morgan fingerprint density at radius 1 is 1.19 bits per heavy atom. The minimum absolute atomic E-state index is 0.0553. The Labute approximate surface area is 124 Å². The molecule has 0 aromatic carbocycles. The molecule has 118 valence electrons. The Hall–Kier alpha value is -1.79. The normalized spacial score (nSPS) is 17.6. The van der Waals surface area contributed by atoms with Crippen molar-refractivity contribution in [2.45, 2.75) is 32.1 Å². The Bertz CT molecular complexity index is 403. The van der Waals surface area contributed by atoms with Gasteiger partial charge in [-0.1, -0.05) is 0 Å². The van der Waals surface area contributed by atoms with Crippen LogP contribution in [0.2, 0.25) is 0 Å². The van der Waals surface area contributed by atoms with Crippen LogP contribution in [0.3, 0.4) is 0 Å². The molecule has 0 atom stereocenters. The maximum absolute atomic E-state index is 12.0. The number of hydrogen-bond acceptors (Lipinski definition) is 3. The van der Waals surface area contributed by atoms with Crippen LogP contribution >= 0.6 is 0 Å². The minimum atomic E-state index is -1.01. The molecule has 7 heteroatoms. The summed E-state index contributed by atoms with van der Waals surface area (Å²) in [5, 5.41) is 11.5. The van der Waals surface area contributed by atoms with E-state index in [1.54, 1.807) is 0 Å². The molecule has 2 N–H and O–H groups in total. The van der Waals surface area contributed by atoms with E-state index in [0.717, 1.165) is 38.8 Å². The van der Waals surface area contributed by atoms with Crippen molar-refractivity contribution in [3.05, 3.63) is 0 Å². The summed E-state index contributed by atoms with van der Waals surface area (Å²) in [6.07, 6.45) is 4.47. The van der Waals surface area contributed by atoms with Gasteiger partial charge in [-0.3, -0.25) is 9.59 Å². The third-order valence-electron chi connectivity index (χ3n) is 3.86. The molecule has 0 aromatic rings. The van der Waals surface area contributed by atoms with Crippen molar-refractivity contribution in [1.29, 1.82) is 0 Å². The largest absolute Gasteiger partial charge is 0.480 e. The summed E-state index contributed by atoms with van der Waals surface area (Å²) in [5.41, 5.74) is 0. The van der Waals surface area contributed by atoms with E-state index in [4.69, 9.17) is 5.11 Å². The average molecular weight is 297 g/mol. The summed E-state index contributed by atoms with van der Waals surface area (Å²) in [4.78, 5) is 37.7. The van der Waals surface area contributed by atoms with Gasteiger partial charge in [-0.2, -0.15) is 0 Å². The lowest BCUT2D eigenvalue weighted by molar-refractivity contribution is -0.137. The number of rotatable bonds is 7. The summed E-state index contributed by atoms with van der Waals surface area (Å²) in [5.74, 6) is -0.528. The molecule has 1 heterocycles. The van der Waals surface area contributed by atoms with Crippen LogP contribution in [-0.4, -0.2) is 65.5 Å². The van der Waals surface area contributed by atoms with Crippen molar-refractivity contribution in [3.8, 4) is 0 Å². The first kappa shape index (κ1) is 15.6. The number of nitrogens with zero attached hydrogens (tertiary/aromatic N) is 2. The molecule has 2 rings (SSSR count). The molecule has 3 amide bonds. The van der Waals surface area contributed by atoms with Crippen molar-refractivity contribution < 1.29 is 19.5 Å². The minimum Gasteiger partial charge on any atom is -0.480 e. The fraction of sp³-hybridized carbons (Fsp3) is 0.786. The highest BCUT2D eigenvalue weighted by Crippen LogP contribution is 2.29. The molecule has 2 aliphatic rings. The van der Waals surface area contributed by atoms with E-state index in [-0.39, 0.29) is 25.4 Å². The van der Waals surface area contributed by atoms with E-state index < -0.39 is 12.0 Å². The molecule has 1 aliphatic carbocycles. The summed E-state index contributed by atoms with van der Waals surface area (Å²) < 4.78 is 0. The number of urea groups is 1. The van der Waals surface area contributed by atoms with E-state index in [9.17, 15) is 14.4 Å². The predicted octanol–water partition coefficient (Wildman–Crippen LogP) is 0.505. The average Bonchev–Trinajstić information content (AvgIpc) is 3.07. The van der Waals surface area contributed by atoms with Gasteiger partial charge in [-0.05, 0) is 31.6 Å². The van der Waals surface area contributed by atoms with Crippen molar-refractivity contribution in [1.82, 2.24) is 15.1 Å². The smallest absolute Gasteiger partial charge is 0.323 e. The second-order valence-corrected chi connectivity index (χ2v) is 5.79. The first-order chi connectivity index (χ1) is 10.1. The van der Waals surface area contributed by atoms with E-state index in [1.807, 2.05) is 4.90 Å². The fourth-order valence-corrected chi connectivity index (χ4v) is 2.51. The van der Waals surface area contributed by atoms with Crippen LogP contribution in [0, 0.1) is 5.92 Å². The van der Waals surface area contributed by atoms with Crippen LogP contribution in [0.15, 0.2) is 0 Å². The van der Waals surface area contributed by atoms with Crippen LogP contribution in [0.5, 0.6) is 0 Å². The maximum Gasteiger partial charge on any atom is 0.323 e. The Kier molecular flexibility index (Phi) is 5.41. The topological polar surface area (TPSA) is 90.0 Å². The highest BCUT2D eigenvalue weighted by atomic mass is 16.4. The molecular weight excluding hydrogens is 274 g/mol. The van der Waals surface area contributed by atoms with E-state index in [2.05, 4.69) is 5.32 Å². The number of nitrogens with one attached hydrogen (secondary N) is 1. The summed E-state index contributed by atoms with van der Waals surface area (Å²) in [6.45, 7) is 2.06. The number of carbonyl (C=O) groups excluding carboxylic acids is 2. The Balaban J connectivity index is 1.70. The second-order valence-electron chi connectivity index (χ2n) is 5.79. The molecule has 0 spiro atoms. The zero-order valence-electron chi connectivity index (χ0n) is 12.2. The van der Waals surface area contributed by atoms with Crippen LogP contribution in [0.1, 0.15) is 32.1 Å². The predicted molar refractivity (Wildman–Crippen MR) is 75.8 cm³/mol. The highest BCUT2D eigenvalue weighted by Gasteiger charge is 2.28. The van der Waals surface area contributed by atoms with Gasteiger partial charge in [0.2, 0.25) is 5.91 Å². The third-order valence-corrected chi connectivity index (χ3v) is 3.86. The number of carboxylic acid groups (broad SMARTS) is 1. The fourth-order valence-electron chi connectivity index (χ4n) is 2.51. The zero-order valence-corrected chi connectivity index (χ0v) is 12.2.